The summed E-state index contributed by atoms with van der Waals surface area (Å²) in [6.07, 6.45) is 5.22. The third-order valence-electron chi connectivity index (χ3n) is 3.49. The van der Waals surface area contributed by atoms with Gasteiger partial charge in [0.2, 0.25) is 0 Å². The molecular weight excluding hydrogens is 212 g/mol. The maximum absolute atomic E-state index is 5.96. The van der Waals surface area contributed by atoms with Crippen molar-refractivity contribution in [3.8, 4) is 0 Å². The van der Waals surface area contributed by atoms with E-state index in [1.54, 1.807) is 0 Å². The number of nitrogens with zero attached hydrogens (tertiary/aromatic N) is 2. The van der Waals surface area contributed by atoms with Gasteiger partial charge in [0.05, 0.1) is 11.7 Å². The van der Waals surface area contributed by atoms with Crippen LogP contribution in [0, 0.1) is 5.92 Å². The first-order valence-corrected chi connectivity index (χ1v) is 6.42. The molecule has 3 unspecified atom stereocenters. The molecule has 1 aromatic rings. The van der Waals surface area contributed by atoms with Crippen LogP contribution in [0.15, 0.2) is 12.4 Å². The summed E-state index contributed by atoms with van der Waals surface area (Å²) in [6, 6.07) is 0.685. The van der Waals surface area contributed by atoms with Crippen molar-refractivity contribution in [1.82, 2.24) is 15.1 Å². The maximum Gasteiger partial charge on any atom is 0.0543 e. The summed E-state index contributed by atoms with van der Waals surface area (Å²) in [4.78, 5) is 0. The highest BCUT2D eigenvalue weighted by molar-refractivity contribution is 5.14. The van der Waals surface area contributed by atoms with Crippen LogP contribution in [0.4, 0.5) is 0 Å². The third-order valence-corrected chi connectivity index (χ3v) is 3.49. The molecule has 0 spiro atoms. The van der Waals surface area contributed by atoms with E-state index in [0.29, 0.717) is 18.0 Å². The summed E-state index contributed by atoms with van der Waals surface area (Å²) in [5.41, 5.74) is 7.28. The van der Waals surface area contributed by atoms with Crippen molar-refractivity contribution in [3.05, 3.63) is 18.0 Å². The lowest BCUT2D eigenvalue weighted by molar-refractivity contribution is 0.277. The van der Waals surface area contributed by atoms with E-state index in [1.165, 1.54) is 5.56 Å². The average molecular weight is 236 g/mol. The number of nitrogens with one attached hydrogen (secondary N) is 1. The van der Waals surface area contributed by atoms with Gasteiger partial charge in [-0.1, -0.05) is 6.92 Å². The van der Waals surface area contributed by atoms with E-state index < -0.39 is 0 Å². The van der Waals surface area contributed by atoms with Gasteiger partial charge in [-0.15, -0.1) is 0 Å². The third kappa shape index (κ3) is 2.69. The molecule has 96 valence electrons. The molecule has 3 atom stereocenters. The van der Waals surface area contributed by atoms with Crippen LogP contribution in [0.2, 0.25) is 0 Å². The van der Waals surface area contributed by atoms with Gasteiger partial charge in [0.15, 0.2) is 0 Å². The standard InChI is InChI=1S/C13H24N4/c1-9-5-11(14)7-15-12(9)10-6-16-17(8-10)13(2,3)4/h6,8-9,11-12,15H,5,7,14H2,1-4H3. The van der Waals surface area contributed by atoms with E-state index in [4.69, 9.17) is 5.73 Å². The van der Waals surface area contributed by atoms with Gasteiger partial charge in [-0.2, -0.15) is 5.10 Å². The summed E-state index contributed by atoms with van der Waals surface area (Å²) in [7, 11) is 0. The van der Waals surface area contributed by atoms with Gasteiger partial charge in [0.25, 0.3) is 0 Å². The van der Waals surface area contributed by atoms with Gasteiger partial charge in [-0.05, 0) is 33.1 Å². The van der Waals surface area contributed by atoms with E-state index in [0.717, 1.165) is 13.0 Å². The monoisotopic (exact) mass is 236 g/mol. The molecule has 0 aromatic carbocycles. The molecule has 2 heterocycles. The molecule has 3 N–H and O–H groups in total. The van der Waals surface area contributed by atoms with Crippen LogP contribution in [0.25, 0.3) is 0 Å². The van der Waals surface area contributed by atoms with Crippen molar-refractivity contribution in [2.75, 3.05) is 6.54 Å². The van der Waals surface area contributed by atoms with E-state index >= 15 is 0 Å². The first-order valence-electron chi connectivity index (χ1n) is 6.42. The zero-order chi connectivity index (χ0) is 12.6. The van der Waals surface area contributed by atoms with Crippen LogP contribution in [0.3, 0.4) is 0 Å². The molecule has 1 aromatic heterocycles. The predicted octanol–water partition coefficient (Wildman–Crippen LogP) is 1.64. The van der Waals surface area contributed by atoms with E-state index in [9.17, 15) is 0 Å². The van der Waals surface area contributed by atoms with Crippen LogP contribution in [-0.4, -0.2) is 22.4 Å². The van der Waals surface area contributed by atoms with Crippen molar-refractivity contribution in [2.24, 2.45) is 11.7 Å². The lowest BCUT2D eigenvalue weighted by Gasteiger charge is -2.33. The summed E-state index contributed by atoms with van der Waals surface area (Å²) >= 11 is 0. The number of aromatic nitrogens is 2. The highest BCUT2D eigenvalue weighted by Gasteiger charge is 2.28. The van der Waals surface area contributed by atoms with Crippen LogP contribution in [0.1, 0.15) is 45.7 Å². The van der Waals surface area contributed by atoms with Crippen molar-refractivity contribution >= 4 is 0 Å². The second-order valence-corrected chi connectivity index (χ2v) is 6.25. The Morgan fingerprint density at radius 3 is 2.71 bits per heavy atom. The molecule has 1 aliphatic heterocycles. The Balaban J connectivity index is 2.15. The predicted molar refractivity (Wildman–Crippen MR) is 69.7 cm³/mol. The van der Waals surface area contributed by atoms with Gasteiger partial charge in [-0.25, -0.2) is 0 Å². The molecule has 0 amide bonds. The Bertz CT molecular complexity index is 377. The number of nitrogens with two attached hydrogens (primary N) is 1. The molecule has 0 radical (unpaired) electrons. The van der Waals surface area contributed by atoms with Crippen LogP contribution >= 0.6 is 0 Å². The summed E-state index contributed by atoms with van der Waals surface area (Å²) in [5, 5.41) is 7.98. The lowest BCUT2D eigenvalue weighted by atomic mass is 9.87. The Morgan fingerprint density at radius 1 is 1.47 bits per heavy atom. The maximum atomic E-state index is 5.96. The molecule has 0 bridgehead atoms. The van der Waals surface area contributed by atoms with Crippen LogP contribution in [0.5, 0.6) is 0 Å². The summed E-state index contributed by atoms with van der Waals surface area (Å²) in [5.74, 6) is 0.566. The van der Waals surface area contributed by atoms with Crippen molar-refractivity contribution in [1.29, 1.82) is 0 Å². The molecule has 2 rings (SSSR count). The Morgan fingerprint density at radius 2 is 2.18 bits per heavy atom. The average Bonchev–Trinajstić information content (AvgIpc) is 2.65. The minimum Gasteiger partial charge on any atom is -0.327 e. The molecule has 4 heteroatoms. The highest BCUT2D eigenvalue weighted by Crippen LogP contribution is 2.29. The SMILES string of the molecule is CC1CC(N)CNC1c1cnn(C(C)(C)C)c1. The fourth-order valence-corrected chi connectivity index (χ4v) is 2.49. The first kappa shape index (κ1) is 12.6. The van der Waals surface area contributed by atoms with Gasteiger partial charge in [-0.3, -0.25) is 4.68 Å². The van der Waals surface area contributed by atoms with Gasteiger partial charge < -0.3 is 11.1 Å². The number of hydrogen-bond donors (Lipinski definition) is 2. The van der Waals surface area contributed by atoms with Gasteiger partial charge >= 0.3 is 0 Å². The van der Waals surface area contributed by atoms with Crippen molar-refractivity contribution in [3.63, 3.8) is 0 Å². The quantitative estimate of drug-likeness (QED) is 0.779. The molecule has 1 fully saturated rings. The van der Waals surface area contributed by atoms with Gasteiger partial charge in [0.1, 0.15) is 0 Å². The molecular formula is C13H24N4. The number of hydrogen-bond acceptors (Lipinski definition) is 3. The molecule has 1 aliphatic rings. The zero-order valence-corrected chi connectivity index (χ0v) is 11.3. The first-order chi connectivity index (χ1) is 7.88. The molecule has 17 heavy (non-hydrogen) atoms. The zero-order valence-electron chi connectivity index (χ0n) is 11.3. The molecule has 0 aliphatic carbocycles. The fraction of sp³-hybridized carbons (Fsp3) is 0.769. The lowest BCUT2D eigenvalue weighted by Crippen LogP contribution is -2.45. The fourth-order valence-electron chi connectivity index (χ4n) is 2.49. The minimum absolute atomic E-state index is 0.0482. The molecule has 0 saturated carbocycles. The van der Waals surface area contributed by atoms with E-state index in [2.05, 4.69) is 44.3 Å². The second kappa shape index (κ2) is 4.42. The van der Waals surface area contributed by atoms with Crippen molar-refractivity contribution < 1.29 is 0 Å². The van der Waals surface area contributed by atoms with Crippen LogP contribution in [-0.2, 0) is 5.54 Å². The highest BCUT2D eigenvalue weighted by atomic mass is 15.3. The summed E-state index contributed by atoms with van der Waals surface area (Å²) < 4.78 is 2.03. The topological polar surface area (TPSA) is 55.9 Å². The van der Waals surface area contributed by atoms with Crippen LogP contribution < -0.4 is 11.1 Å². The molecule has 1 saturated heterocycles. The number of rotatable bonds is 1. The normalized spacial score (nSPS) is 30.5. The Labute approximate surface area is 104 Å². The van der Waals surface area contributed by atoms with Crippen molar-refractivity contribution in [2.45, 2.75) is 51.7 Å². The largest absolute Gasteiger partial charge is 0.327 e. The second-order valence-electron chi connectivity index (χ2n) is 6.25. The number of piperidine rings is 1. The summed E-state index contributed by atoms with van der Waals surface area (Å²) in [6.45, 7) is 9.65. The molecule has 4 nitrogen and oxygen atoms in total. The van der Waals surface area contributed by atoms with E-state index in [1.807, 2.05) is 10.9 Å². The minimum atomic E-state index is 0.0482. The Kier molecular flexibility index (Phi) is 3.27. The smallest absolute Gasteiger partial charge is 0.0543 e. The van der Waals surface area contributed by atoms with E-state index in [-0.39, 0.29) is 5.54 Å². The van der Waals surface area contributed by atoms with Gasteiger partial charge in [0, 0.05) is 30.4 Å². The Hall–Kier alpha value is -0.870.